The maximum atomic E-state index is 11.8. The number of anilines is 1. The van der Waals surface area contributed by atoms with Crippen molar-refractivity contribution in [1.29, 1.82) is 0 Å². The molecule has 1 heterocycles. The van der Waals surface area contributed by atoms with Crippen molar-refractivity contribution in [1.82, 2.24) is 10.0 Å². The molecular formula is C15H23N3O2S. The molecule has 116 valence electrons. The lowest BCUT2D eigenvalue weighted by molar-refractivity contribution is 0.578. The van der Waals surface area contributed by atoms with Crippen LogP contribution in [0.15, 0.2) is 29.2 Å². The van der Waals surface area contributed by atoms with Crippen molar-refractivity contribution in [2.45, 2.75) is 42.7 Å². The van der Waals surface area contributed by atoms with Crippen LogP contribution >= 0.6 is 0 Å². The van der Waals surface area contributed by atoms with E-state index in [1.54, 1.807) is 12.1 Å². The lowest BCUT2D eigenvalue weighted by Crippen LogP contribution is -2.38. The lowest BCUT2D eigenvalue weighted by Gasteiger charge is -2.28. The van der Waals surface area contributed by atoms with E-state index < -0.39 is 10.0 Å². The van der Waals surface area contributed by atoms with Crippen LogP contribution in [0.25, 0.3) is 0 Å². The Balaban J connectivity index is 1.76. The molecule has 21 heavy (non-hydrogen) atoms. The minimum absolute atomic E-state index is 0.323. The SMILES string of the molecule is CNS(=O)(=O)c1ccc(N(CC2CCCN2)C2CC2)cc1. The molecule has 6 heteroatoms. The predicted molar refractivity (Wildman–Crippen MR) is 84.1 cm³/mol. The van der Waals surface area contributed by atoms with Gasteiger partial charge in [0.1, 0.15) is 0 Å². The molecule has 0 spiro atoms. The largest absolute Gasteiger partial charge is 0.367 e. The number of sulfonamides is 1. The fourth-order valence-electron chi connectivity index (χ4n) is 2.94. The Bertz CT molecular complexity index is 575. The van der Waals surface area contributed by atoms with E-state index in [4.69, 9.17) is 0 Å². The van der Waals surface area contributed by atoms with E-state index in [1.807, 2.05) is 12.1 Å². The maximum absolute atomic E-state index is 11.8. The maximum Gasteiger partial charge on any atom is 0.240 e. The Morgan fingerprint density at radius 1 is 1.24 bits per heavy atom. The van der Waals surface area contributed by atoms with E-state index >= 15 is 0 Å². The number of hydrogen-bond acceptors (Lipinski definition) is 4. The first kappa shape index (κ1) is 14.8. The van der Waals surface area contributed by atoms with Crippen molar-refractivity contribution < 1.29 is 8.42 Å². The topological polar surface area (TPSA) is 61.4 Å². The first-order chi connectivity index (χ1) is 10.1. The Hall–Kier alpha value is -1.11. The second kappa shape index (κ2) is 5.94. The van der Waals surface area contributed by atoms with Crippen molar-refractivity contribution in [3.05, 3.63) is 24.3 Å². The molecule has 5 nitrogen and oxygen atoms in total. The van der Waals surface area contributed by atoms with Crippen LogP contribution in [0.4, 0.5) is 5.69 Å². The molecule has 1 aliphatic heterocycles. The Morgan fingerprint density at radius 3 is 2.48 bits per heavy atom. The quantitative estimate of drug-likeness (QED) is 0.832. The van der Waals surface area contributed by atoms with Crippen LogP contribution in [-0.4, -0.2) is 40.6 Å². The number of nitrogens with zero attached hydrogens (tertiary/aromatic N) is 1. The summed E-state index contributed by atoms with van der Waals surface area (Å²) in [6.07, 6.45) is 4.96. The Labute approximate surface area is 126 Å². The van der Waals surface area contributed by atoms with Gasteiger partial charge in [0.15, 0.2) is 0 Å². The Morgan fingerprint density at radius 2 is 1.95 bits per heavy atom. The van der Waals surface area contributed by atoms with Crippen molar-refractivity contribution in [2.24, 2.45) is 0 Å². The average Bonchev–Trinajstić information content (AvgIpc) is 3.21. The van der Waals surface area contributed by atoms with Crippen LogP contribution in [-0.2, 0) is 10.0 Å². The van der Waals surface area contributed by atoms with E-state index in [0.29, 0.717) is 17.0 Å². The molecule has 0 bridgehead atoms. The van der Waals surface area contributed by atoms with Gasteiger partial charge in [0.25, 0.3) is 0 Å². The molecule has 1 saturated heterocycles. The van der Waals surface area contributed by atoms with Gasteiger partial charge in [-0.3, -0.25) is 0 Å². The molecule has 0 radical (unpaired) electrons. The van der Waals surface area contributed by atoms with Gasteiger partial charge < -0.3 is 10.2 Å². The highest BCUT2D eigenvalue weighted by molar-refractivity contribution is 7.89. The smallest absolute Gasteiger partial charge is 0.240 e. The van der Waals surface area contributed by atoms with E-state index in [-0.39, 0.29) is 0 Å². The normalized spacial score (nSPS) is 22.4. The molecule has 1 aromatic carbocycles. The summed E-state index contributed by atoms with van der Waals surface area (Å²) in [6, 6.07) is 8.43. The van der Waals surface area contributed by atoms with Crippen LogP contribution in [0, 0.1) is 0 Å². The zero-order chi connectivity index (χ0) is 14.9. The summed E-state index contributed by atoms with van der Waals surface area (Å²) in [5.41, 5.74) is 1.13. The van der Waals surface area contributed by atoms with Crippen LogP contribution < -0.4 is 14.9 Å². The molecule has 2 aliphatic rings. The summed E-state index contributed by atoms with van der Waals surface area (Å²) in [6.45, 7) is 2.13. The van der Waals surface area contributed by atoms with Gasteiger partial charge in [-0.2, -0.15) is 0 Å². The minimum Gasteiger partial charge on any atom is -0.367 e. The molecule has 1 aromatic rings. The lowest BCUT2D eigenvalue weighted by atomic mass is 10.2. The molecule has 1 saturated carbocycles. The fourth-order valence-corrected chi connectivity index (χ4v) is 3.67. The molecule has 3 rings (SSSR count). The minimum atomic E-state index is -3.35. The second-order valence-electron chi connectivity index (χ2n) is 5.88. The Kier molecular flexibility index (Phi) is 4.19. The van der Waals surface area contributed by atoms with E-state index in [1.165, 1.54) is 32.7 Å². The first-order valence-electron chi connectivity index (χ1n) is 7.64. The first-order valence-corrected chi connectivity index (χ1v) is 9.12. The molecule has 2 fully saturated rings. The number of hydrogen-bond donors (Lipinski definition) is 2. The van der Waals surface area contributed by atoms with Gasteiger partial charge in [-0.05, 0) is 63.5 Å². The monoisotopic (exact) mass is 309 g/mol. The van der Waals surface area contributed by atoms with Crippen LogP contribution in [0.3, 0.4) is 0 Å². The van der Waals surface area contributed by atoms with Crippen molar-refractivity contribution in [2.75, 3.05) is 25.0 Å². The van der Waals surface area contributed by atoms with Gasteiger partial charge in [0.2, 0.25) is 10.0 Å². The highest BCUT2D eigenvalue weighted by Gasteiger charge is 2.31. The van der Waals surface area contributed by atoms with E-state index in [2.05, 4.69) is 14.9 Å². The molecular weight excluding hydrogens is 286 g/mol. The molecule has 0 amide bonds. The summed E-state index contributed by atoms with van der Waals surface area (Å²) in [5, 5.41) is 3.54. The van der Waals surface area contributed by atoms with Gasteiger partial charge in [-0.25, -0.2) is 13.1 Å². The van der Waals surface area contributed by atoms with Crippen LogP contribution in [0.1, 0.15) is 25.7 Å². The zero-order valence-corrected chi connectivity index (χ0v) is 13.2. The van der Waals surface area contributed by atoms with Crippen molar-refractivity contribution in [3.8, 4) is 0 Å². The molecule has 2 N–H and O–H groups in total. The summed E-state index contributed by atoms with van der Waals surface area (Å²) in [7, 11) is -1.91. The van der Waals surface area contributed by atoms with Gasteiger partial charge in [0, 0.05) is 24.3 Å². The van der Waals surface area contributed by atoms with Gasteiger partial charge >= 0.3 is 0 Å². The summed E-state index contributed by atoms with van der Waals surface area (Å²) < 4.78 is 25.9. The van der Waals surface area contributed by atoms with Crippen LogP contribution in [0.2, 0.25) is 0 Å². The van der Waals surface area contributed by atoms with Gasteiger partial charge in [-0.1, -0.05) is 0 Å². The molecule has 1 unspecified atom stereocenters. The van der Waals surface area contributed by atoms with Crippen molar-refractivity contribution in [3.63, 3.8) is 0 Å². The highest BCUT2D eigenvalue weighted by Crippen LogP contribution is 2.32. The molecule has 1 atom stereocenters. The van der Waals surface area contributed by atoms with Gasteiger partial charge in [0.05, 0.1) is 4.90 Å². The third kappa shape index (κ3) is 3.39. The van der Waals surface area contributed by atoms with E-state index in [9.17, 15) is 8.42 Å². The second-order valence-corrected chi connectivity index (χ2v) is 7.76. The van der Waals surface area contributed by atoms with E-state index in [0.717, 1.165) is 18.8 Å². The van der Waals surface area contributed by atoms with Gasteiger partial charge in [-0.15, -0.1) is 0 Å². The summed E-state index contributed by atoms with van der Waals surface area (Å²) in [5.74, 6) is 0. The third-order valence-electron chi connectivity index (χ3n) is 4.31. The molecule has 1 aliphatic carbocycles. The van der Waals surface area contributed by atoms with Crippen LogP contribution in [0.5, 0.6) is 0 Å². The molecule has 0 aromatic heterocycles. The fraction of sp³-hybridized carbons (Fsp3) is 0.600. The number of rotatable bonds is 6. The number of nitrogens with one attached hydrogen (secondary N) is 2. The average molecular weight is 309 g/mol. The third-order valence-corrected chi connectivity index (χ3v) is 5.74. The summed E-state index contributed by atoms with van der Waals surface area (Å²) in [4.78, 5) is 2.75. The zero-order valence-electron chi connectivity index (χ0n) is 12.4. The standard InChI is InChI=1S/C15H23N3O2S/c1-16-21(19,20)15-8-6-14(7-9-15)18(13-4-5-13)11-12-3-2-10-17-12/h6-9,12-13,16-17H,2-5,10-11H2,1H3. The number of benzene rings is 1. The van der Waals surface area contributed by atoms with Crippen molar-refractivity contribution >= 4 is 15.7 Å². The summed E-state index contributed by atoms with van der Waals surface area (Å²) >= 11 is 0. The predicted octanol–water partition coefficient (Wildman–Crippen LogP) is 1.32. The highest BCUT2D eigenvalue weighted by atomic mass is 32.2.